The molecule has 2 aromatic rings. The van der Waals surface area contributed by atoms with Gasteiger partial charge < -0.3 is 4.74 Å². The van der Waals surface area contributed by atoms with Gasteiger partial charge in [0.25, 0.3) is 0 Å². The third-order valence-corrected chi connectivity index (χ3v) is 4.23. The summed E-state index contributed by atoms with van der Waals surface area (Å²) in [5, 5.41) is 9.21. The third-order valence-electron chi connectivity index (χ3n) is 3.79. The van der Waals surface area contributed by atoms with Crippen LogP contribution in [0.4, 0.5) is 5.69 Å². The number of nitrogens with one attached hydrogen (secondary N) is 1. The van der Waals surface area contributed by atoms with Gasteiger partial charge in [0.05, 0.1) is 18.5 Å². The lowest BCUT2D eigenvalue weighted by atomic mass is 10.0. The van der Waals surface area contributed by atoms with Crippen molar-refractivity contribution in [1.82, 2.24) is 9.97 Å². The molecular formula is C16H16Cl2N4O. The van der Waals surface area contributed by atoms with Gasteiger partial charge in [-0.1, -0.05) is 29.3 Å². The van der Waals surface area contributed by atoms with E-state index in [0.29, 0.717) is 35.6 Å². The summed E-state index contributed by atoms with van der Waals surface area (Å²) < 4.78 is 6.03. The summed E-state index contributed by atoms with van der Waals surface area (Å²) in [6, 6.07) is 7.23. The average molecular weight is 351 g/mol. The van der Waals surface area contributed by atoms with E-state index >= 15 is 0 Å². The van der Waals surface area contributed by atoms with Gasteiger partial charge in [0.2, 0.25) is 0 Å². The van der Waals surface area contributed by atoms with Crippen LogP contribution in [0.5, 0.6) is 0 Å². The van der Waals surface area contributed by atoms with Gasteiger partial charge in [-0.25, -0.2) is 9.97 Å². The summed E-state index contributed by atoms with van der Waals surface area (Å²) in [4.78, 5) is 10.1. The Morgan fingerprint density at radius 1 is 1.17 bits per heavy atom. The molecule has 3 rings (SSSR count). The minimum atomic E-state index is -0.694. The lowest BCUT2D eigenvalue weighted by molar-refractivity contribution is -0.0321. The van der Waals surface area contributed by atoms with Gasteiger partial charge in [-0.15, -0.1) is 0 Å². The van der Waals surface area contributed by atoms with Gasteiger partial charge >= 0.3 is 0 Å². The van der Waals surface area contributed by atoms with Crippen LogP contribution < -0.4 is 4.90 Å². The predicted molar refractivity (Wildman–Crippen MR) is 91.4 cm³/mol. The fourth-order valence-corrected chi connectivity index (χ4v) is 3.00. The first kappa shape index (κ1) is 16.2. The average Bonchev–Trinajstić information content (AvgIpc) is 2.51. The van der Waals surface area contributed by atoms with Gasteiger partial charge in [0.1, 0.15) is 21.9 Å². The van der Waals surface area contributed by atoms with Crippen LogP contribution in [0.15, 0.2) is 36.7 Å². The SMILES string of the molecule is CC1(Cc2ccc(Cl)nc2)OCCC(=N)N1c1ccc(Cl)nc1. The minimum absolute atomic E-state index is 0.418. The number of hydrogen-bond acceptors (Lipinski definition) is 4. The number of rotatable bonds is 3. The topological polar surface area (TPSA) is 62.1 Å². The standard InChI is InChI=1S/C16H16Cl2N4O/c1-16(8-11-2-4-13(17)20-9-11)22(15(19)6-7-23-16)12-3-5-14(18)21-10-12/h2-5,9-10,19H,6-8H2,1H3. The Bertz CT molecular complexity index is 705. The quantitative estimate of drug-likeness (QED) is 0.851. The fourth-order valence-electron chi connectivity index (χ4n) is 2.78. The lowest BCUT2D eigenvalue weighted by Crippen LogP contribution is -2.57. The van der Waals surface area contributed by atoms with Gasteiger partial charge in [0, 0.05) is 19.0 Å². The van der Waals surface area contributed by atoms with E-state index in [1.54, 1.807) is 24.5 Å². The Balaban J connectivity index is 1.94. The van der Waals surface area contributed by atoms with Gasteiger partial charge in [0.15, 0.2) is 0 Å². The maximum absolute atomic E-state index is 8.34. The molecule has 1 atom stereocenters. The van der Waals surface area contributed by atoms with Crippen molar-refractivity contribution in [2.45, 2.75) is 25.5 Å². The second kappa shape index (κ2) is 6.43. The Morgan fingerprint density at radius 3 is 2.48 bits per heavy atom. The molecule has 120 valence electrons. The Morgan fingerprint density at radius 2 is 1.87 bits per heavy atom. The highest BCUT2D eigenvalue weighted by atomic mass is 35.5. The summed E-state index contributed by atoms with van der Waals surface area (Å²) in [7, 11) is 0. The van der Waals surface area contributed by atoms with E-state index in [-0.39, 0.29) is 0 Å². The Kier molecular flexibility index (Phi) is 4.53. The Labute approximate surface area is 144 Å². The maximum atomic E-state index is 8.34. The molecule has 0 amide bonds. The summed E-state index contributed by atoms with van der Waals surface area (Å²) in [6.45, 7) is 2.47. The number of halogens is 2. The van der Waals surface area contributed by atoms with Crippen LogP contribution in [0.1, 0.15) is 18.9 Å². The normalized spacial score (nSPS) is 21.5. The zero-order valence-electron chi connectivity index (χ0n) is 12.6. The Hall–Kier alpha value is -1.69. The summed E-state index contributed by atoms with van der Waals surface area (Å²) in [5.74, 6) is 0.491. The number of anilines is 1. The van der Waals surface area contributed by atoms with Crippen LogP contribution in [0, 0.1) is 5.41 Å². The number of pyridine rings is 2. The molecule has 1 aliphatic rings. The zero-order chi connectivity index (χ0) is 16.4. The van der Waals surface area contributed by atoms with E-state index in [4.69, 9.17) is 33.3 Å². The van der Waals surface area contributed by atoms with Crippen molar-refractivity contribution >= 4 is 34.7 Å². The molecule has 23 heavy (non-hydrogen) atoms. The fraction of sp³-hybridized carbons (Fsp3) is 0.312. The molecule has 0 bridgehead atoms. The lowest BCUT2D eigenvalue weighted by Gasteiger charge is -2.45. The van der Waals surface area contributed by atoms with Gasteiger partial charge in [-0.3, -0.25) is 10.3 Å². The molecule has 1 N–H and O–H groups in total. The van der Waals surface area contributed by atoms with Crippen LogP contribution in [0.2, 0.25) is 10.3 Å². The number of amidine groups is 1. The van der Waals surface area contributed by atoms with Crippen molar-refractivity contribution in [3.63, 3.8) is 0 Å². The van der Waals surface area contributed by atoms with E-state index in [0.717, 1.165) is 11.3 Å². The summed E-state index contributed by atoms with van der Waals surface area (Å²) in [6.07, 6.45) is 4.51. The maximum Gasteiger partial charge on any atom is 0.147 e. The molecule has 0 saturated carbocycles. The minimum Gasteiger partial charge on any atom is -0.355 e. The highest BCUT2D eigenvalue weighted by Gasteiger charge is 2.39. The van der Waals surface area contributed by atoms with E-state index in [2.05, 4.69) is 9.97 Å². The molecular weight excluding hydrogens is 335 g/mol. The van der Waals surface area contributed by atoms with Crippen LogP contribution >= 0.6 is 23.2 Å². The van der Waals surface area contributed by atoms with Crippen molar-refractivity contribution in [3.8, 4) is 0 Å². The number of nitrogens with zero attached hydrogens (tertiary/aromatic N) is 3. The molecule has 0 spiro atoms. The van der Waals surface area contributed by atoms with Crippen molar-refractivity contribution in [2.75, 3.05) is 11.5 Å². The first-order valence-corrected chi connectivity index (χ1v) is 7.97. The molecule has 3 heterocycles. The molecule has 1 saturated heterocycles. The molecule has 1 unspecified atom stereocenters. The zero-order valence-corrected chi connectivity index (χ0v) is 14.1. The number of aromatic nitrogens is 2. The first-order valence-electron chi connectivity index (χ1n) is 7.21. The molecule has 5 nitrogen and oxygen atoms in total. The van der Waals surface area contributed by atoms with E-state index in [9.17, 15) is 0 Å². The monoisotopic (exact) mass is 350 g/mol. The van der Waals surface area contributed by atoms with Crippen LogP contribution in [-0.4, -0.2) is 28.1 Å². The van der Waals surface area contributed by atoms with Crippen LogP contribution in [-0.2, 0) is 11.2 Å². The highest BCUT2D eigenvalue weighted by molar-refractivity contribution is 6.29. The molecule has 1 fully saturated rings. The number of ether oxygens (including phenoxy) is 1. The first-order chi connectivity index (χ1) is 11.0. The summed E-state index contributed by atoms with van der Waals surface area (Å²) in [5.41, 5.74) is 1.07. The summed E-state index contributed by atoms with van der Waals surface area (Å²) >= 11 is 11.7. The van der Waals surface area contributed by atoms with Crippen molar-refractivity contribution < 1.29 is 4.74 Å². The van der Waals surface area contributed by atoms with Crippen LogP contribution in [0.25, 0.3) is 0 Å². The van der Waals surface area contributed by atoms with Crippen molar-refractivity contribution in [1.29, 1.82) is 5.41 Å². The van der Waals surface area contributed by atoms with E-state index < -0.39 is 5.72 Å². The van der Waals surface area contributed by atoms with E-state index in [1.165, 1.54) is 0 Å². The molecule has 7 heteroatoms. The van der Waals surface area contributed by atoms with E-state index in [1.807, 2.05) is 24.0 Å². The molecule has 0 aliphatic carbocycles. The molecule has 2 aromatic heterocycles. The van der Waals surface area contributed by atoms with Gasteiger partial charge in [-0.05, 0) is 30.7 Å². The third kappa shape index (κ3) is 3.47. The van der Waals surface area contributed by atoms with Gasteiger partial charge in [-0.2, -0.15) is 0 Å². The predicted octanol–water partition coefficient (Wildman–Crippen LogP) is 3.95. The second-order valence-electron chi connectivity index (χ2n) is 5.56. The smallest absolute Gasteiger partial charge is 0.147 e. The largest absolute Gasteiger partial charge is 0.355 e. The molecule has 0 aromatic carbocycles. The number of hydrogen-bond donors (Lipinski definition) is 1. The molecule has 1 aliphatic heterocycles. The van der Waals surface area contributed by atoms with Crippen molar-refractivity contribution in [3.05, 3.63) is 52.5 Å². The highest BCUT2D eigenvalue weighted by Crippen LogP contribution is 2.32. The van der Waals surface area contributed by atoms with Crippen LogP contribution in [0.3, 0.4) is 0 Å². The van der Waals surface area contributed by atoms with Crippen molar-refractivity contribution in [2.24, 2.45) is 0 Å². The molecule has 0 radical (unpaired) electrons. The second-order valence-corrected chi connectivity index (χ2v) is 6.34.